The summed E-state index contributed by atoms with van der Waals surface area (Å²) in [6, 6.07) is -1.36. The van der Waals surface area contributed by atoms with Crippen molar-refractivity contribution in [2.24, 2.45) is 5.16 Å². The number of aromatic nitrogens is 2. The number of hydrogen-bond acceptors (Lipinski definition) is 10. The van der Waals surface area contributed by atoms with Gasteiger partial charge in [-0.15, -0.1) is 22.7 Å². The molecular formula is C20H20N6O5S2. The van der Waals surface area contributed by atoms with Gasteiger partial charge in [-0.25, -0.2) is 14.8 Å². The van der Waals surface area contributed by atoms with Crippen LogP contribution in [0.4, 0.5) is 5.13 Å². The van der Waals surface area contributed by atoms with Crippen LogP contribution >= 0.6 is 22.7 Å². The number of nitrogens with zero attached hydrogens (tertiary/aromatic N) is 4. The molecule has 2 atom stereocenters. The maximum Gasteiger partial charge on any atom is 0.352 e. The number of aryl methyl sites for hydroxylation is 1. The van der Waals surface area contributed by atoms with Gasteiger partial charge in [0.05, 0.1) is 17.2 Å². The fourth-order valence-electron chi connectivity index (χ4n) is 3.81. The molecule has 0 bridgehead atoms. The molecule has 2 unspecified atom stereocenters. The zero-order valence-corrected chi connectivity index (χ0v) is 19.3. The molecule has 33 heavy (non-hydrogen) atoms. The highest BCUT2D eigenvalue weighted by molar-refractivity contribution is 7.13. The van der Waals surface area contributed by atoms with E-state index in [1.54, 1.807) is 23.0 Å². The Hall–Kier alpha value is -3.58. The van der Waals surface area contributed by atoms with Gasteiger partial charge in [0.2, 0.25) is 0 Å². The molecule has 0 saturated carbocycles. The third-order valence-corrected chi connectivity index (χ3v) is 6.80. The maximum absolute atomic E-state index is 12.9. The van der Waals surface area contributed by atoms with Gasteiger partial charge in [-0.3, -0.25) is 14.5 Å². The molecule has 2 aromatic rings. The molecular weight excluding hydrogens is 468 g/mol. The Morgan fingerprint density at radius 1 is 1.39 bits per heavy atom. The molecule has 4 heterocycles. The van der Waals surface area contributed by atoms with Crippen molar-refractivity contribution in [1.29, 1.82) is 0 Å². The minimum absolute atomic E-state index is 0.0797. The minimum Gasteiger partial charge on any atom is -0.477 e. The number of allylic oxidation sites excluding steroid dienone is 2. The number of carboxylic acid groups (broad SMARTS) is 1. The molecule has 4 N–H and O–H groups in total. The number of thiazole rings is 2. The molecule has 2 amide bonds. The van der Waals surface area contributed by atoms with Crippen molar-refractivity contribution in [2.45, 2.75) is 31.8 Å². The number of nitrogens with two attached hydrogens (primary N) is 1. The van der Waals surface area contributed by atoms with E-state index in [2.05, 4.69) is 20.4 Å². The first-order valence-electron chi connectivity index (χ1n) is 9.83. The van der Waals surface area contributed by atoms with E-state index < -0.39 is 29.9 Å². The normalized spacial score (nSPS) is 20.6. The quantitative estimate of drug-likeness (QED) is 0.299. The summed E-state index contributed by atoms with van der Waals surface area (Å²) < 4.78 is 0. The summed E-state index contributed by atoms with van der Waals surface area (Å²) in [7, 11) is 1.28. The Morgan fingerprint density at radius 2 is 2.18 bits per heavy atom. The zero-order chi connectivity index (χ0) is 23.7. The number of hydrogen-bond donors (Lipinski definition) is 3. The molecule has 0 radical (unpaired) electrons. The van der Waals surface area contributed by atoms with E-state index in [-0.39, 0.29) is 22.2 Å². The largest absolute Gasteiger partial charge is 0.477 e. The standard InChI is InChI=1S/C20H20N6O5S2/c1-9-11(22-8-33-9)5-3-10-4-6-13-15(18(28)26(13)16(10)19(29)30)24-17(27)14(25-31-2)12-7-32-20(21)23-12/h3,5,7-8,13,15H,4,6H2,1-2H3,(H2,21,23)(H,24,27)(H,29,30). The molecule has 4 rings (SSSR count). The Bertz CT molecular complexity index is 1210. The number of oxime groups is 1. The fourth-order valence-corrected chi connectivity index (χ4v) is 4.92. The van der Waals surface area contributed by atoms with Crippen molar-refractivity contribution in [3.63, 3.8) is 0 Å². The van der Waals surface area contributed by atoms with Gasteiger partial charge in [-0.05, 0) is 31.4 Å². The summed E-state index contributed by atoms with van der Waals surface area (Å²) >= 11 is 2.63. The number of carbonyl (C=O) groups is 3. The van der Waals surface area contributed by atoms with Gasteiger partial charge in [0.15, 0.2) is 10.8 Å². The van der Waals surface area contributed by atoms with Crippen LogP contribution in [0.3, 0.4) is 0 Å². The van der Waals surface area contributed by atoms with E-state index in [0.717, 1.165) is 21.9 Å². The Kier molecular flexibility index (Phi) is 6.24. The number of anilines is 1. The van der Waals surface area contributed by atoms with Crippen LogP contribution in [0.1, 0.15) is 29.1 Å². The van der Waals surface area contributed by atoms with Crippen LogP contribution in [0.2, 0.25) is 0 Å². The monoisotopic (exact) mass is 488 g/mol. The second-order valence-corrected chi connectivity index (χ2v) is 9.21. The summed E-state index contributed by atoms with van der Waals surface area (Å²) in [4.78, 5) is 52.9. The van der Waals surface area contributed by atoms with E-state index in [1.165, 1.54) is 23.3 Å². The van der Waals surface area contributed by atoms with Gasteiger partial charge in [0, 0.05) is 10.3 Å². The van der Waals surface area contributed by atoms with Gasteiger partial charge >= 0.3 is 5.97 Å². The smallest absolute Gasteiger partial charge is 0.352 e. The number of fused-ring (bicyclic) bond motifs is 1. The molecule has 172 valence electrons. The van der Waals surface area contributed by atoms with Crippen molar-refractivity contribution < 1.29 is 24.3 Å². The number of nitrogens with one attached hydrogen (secondary N) is 1. The molecule has 0 aliphatic carbocycles. The van der Waals surface area contributed by atoms with Crippen LogP contribution in [0.15, 0.2) is 33.4 Å². The summed E-state index contributed by atoms with van der Waals surface area (Å²) in [5.41, 5.74) is 8.65. The average molecular weight is 489 g/mol. The van der Waals surface area contributed by atoms with E-state index in [4.69, 9.17) is 10.6 Å². The second kappa shape index (κ2) is 9.11. The fraction of sp³-hybridized carbons (Fsp3) is 0.300. The molecule has 1 fully saturated rings. The number of amides is 2. The number of β-lactam (4-membered cyclic amide) rings is 1. The molecule has 2 aliphatic heterocycles. The molecule has 0 aromatic carbocycles. The molecule has 0 spiro atoms. The lowest BCUT2D eigenvalue weighted by Crippen LogP contribution is -2.72. The Balaban J connectivity index is 1.54. The SMILES string of the molecule is CON=C(C(=O)NC1C(=O)N2C(C(=O)O)=C(C=Cc3ncsc3C)CCC12)c1csc(N)n1. The summed E-state index contributed by atoms with van der Waals surface area (Å²) in [6.45, 7) is 1.92. The number of rotatable bonds is 7. The second-order valence-electron chi connectivity index (χ2n) is 7.26. The van der Waals surface area contributed by atoms with Crippen LogP contribution < -0.4 is 11.1 Å². The van der Waals surface area contributed by atoms with Crippen molar-refractivity contribution in [3.05, 3.63) is 44.5 Å². The highest BCUT2D eigenvalue weighted by atomic mass is 32.1. The lowest BCUT2D eigenvalue weighted by molar-refractivity contribution is -0.155. The zero-order valence-electron chi connectivity index (χ0n) is 17.6. The number of carboxylic acids is 1. The van der Waals surface area contributed by atoms with E-state index in [1.807, 2.05) is 6.92 Å². The molecule has 11 nitrogen and oxygen atoms in total. The van der Waals surface area contributed by atoms with Gasteiger partial charge in [0.1, 0.15) is 24.5 Å². The predicted molar refractivity (Wildman–Crippen MR) is 122 cm³/mol. The van der Waals surface area contributed by atoms with Crippen molar-refractivity contribution in [1.82, 2.24) is 20.2 Å². The van der Waals surface area contributed by atoms with Gasteiger partial charge in [0.25, 0.3) is 11.8 Å². The highest BCUT2D eigenvalue weighted by Gasteiger charge is 2.53. The van der Waals surface area contributed by atoms with Gasteiger partial charge < -0.3 is 21.0 Å². The first kappa shape index (κ1) is 22.6. The topological polar surface area (TPSA) is 160 Å². The lowest BCUT2D eigenvalue weighted by Gasteiger charge is -2.50. The third kappa shape index (κ3) is 4.24. The van der Waals surface area contributed by atoms with Crippen LogP contribution in [-0.4, -0.2) is 62.7 Å². The number of carbonyl (C=O) groups excluding carboxylic acids is 2. The van der Waals surface area contributed by atoms with Gasteiger partial charge in [-0.2, -0.15) is 0 Å². The van der Waals surface area contributed by atoms with Crippen LogP contribution in [-0.2, 0) is 19.2 Å². The molecule has 2 aliphatic rings. The van der Waals surface area contributed by atoms with Crippen molar-refractivity contribution in [2.75, 3.05) is 12.8 Å². The lowest BCUT2D eigenvalue weighted by atomic mass is 9.83. The first-order chi connectivity index (χ1) is 15.8. The number of nitrogen functional groups attached to an aromatic ring is 1. The Morgan fingerprint density at radius 3 is 2.79 bits per heavy atom. The van der Waals surface area contributed by atoms with Crippen LogP contribution in [0, 0.1) is 6.92 Å². The van der Waals surface area contributed by atoms with E-state index in [0.29, 0.717) is 18.4 Å². The van der Waals surface area contributed by atoms with E-state index >= 15 is 0 Å². The molecule has 2 aromatic heterocycles. The van der Waals surface area contributed by atoms with Crippen molar-refractivity contribution in [3.8, 4) is 0 Å². The first-order valence-corrected chi connectivity index (χ1v) is 11.6. The Labute approximate surface area is 196 Å². The average Bonchev–Trinajstić information content (AvgIpc) is 3.40. The molecule has 13 heteroatoms. The van der Waals surface area contributed by atoms with Crippen molar-refractivity contribution >= 4 is 57.4 Å². The maximum atomic E-state index is 12.9. The highest BCUT2D eigenvalue weighted by Crippen LogP contribution is 2.37. The summed E-state index contributed by atoms with van der Waals surface area (Å²) in [5.74, 6) is -2.37. The minimum atomic E-state index is -1.20. The predicted octanol–water partition coefficient (Wildman–Crippen LogP) is 1.38. The third-order valence-electron chi connectivity index (χ3n) is 5.35. The number of aliphatic carboxylic acids is 1. The van der Waals surface area contributed by atoms with E-state index in [9.17, 15) is 19.5 Å². The molecule has 1 saturated heterocycles. The van der Waals surface area contributed by atoms with Crippen LogP contribution in [0.5, 0.6) is 0 Å². The summed E-state index contributed by atoms with van der Waals surface area (Å²) in [5, 5.41) is 17.9. The van der Waals surface area contributed by atoms with Crippen LogP contribution in [0.25, 0.3) is 6.08 Å². The summed E-state index contributed by atoms with van der Waals surface area (Å²) in [6.07, 6.45) is 4.37. The van der Waals surface area contributed by atoms with Gasteiger partial charge in [-0.1, -0.05) is 11.2 Å².